The maximum atomic E-state index is 13.5. The van der Waals surface area contributed by atoms with Crippen molar-refractivity contribution in [3.05, 3.63) is 105 Å². The van der Waals surface area contributed by atoms with E-state index in [1.807, 2.05) is 24.3 Å². The lowest BCUT2D eigenvalue weighted by molar-refractivity contribution is 0.627. The third kappa shape index (κ3) is 3.70. The standard InChI is InChI=1S/C25H19FN2/c1-16-12-17(2)24(18(3)13-16)25(21-8-10-23(26)11-9-21)20-6-4-19(5-7-20)22(14-27)15-28/h4-13H,1-3H3. The number of rotatable bonds is 2. The normalized spacial score (nSPS) is 10.1. The third-order valence-electron chi connectivity index (χ3n) is 4.75. The van der Waals surface area contributed by atoms with Gasteiger partial charge in [-0.1, -0.05) is 54.1 Å². The van der Waals surface area contributed by atoms with Crippen LogP contribution in [0.25, 0.3) is 11.1 Å². The van der Waals surface area contributed by atoms with Gasteiger partial charge in [-0.05, 0) is 65.9 Å². The summed E-state index contributed by atoms with van der Waals surface area (Å²) >= 11 is 0. The van der Waals surface area contributed by atoms with Crippen molar-refractivity contribution >= 4 is 11.1 Å². The average Bonchev–Trinajstić information content (AvgIpc) is 2.67. The number of nitrogens with zero attached hydrogens (tertiary/aromatic N) is 2. The van der Waals surface area contributed by atoms with Crippen molar-refractivity contribution in [2.75, 3.05) is 0 Å². The number of hydrogen-bond donors (Lipinski definition) is 0. The van der Waals surface area contributed by atoms with E-state index in [-0.39, 0.29) is 11.4 Å². The van der Waals surface area contributed by atoms with E-state index in [4.69, 9.17) is 10.5 Å². The first-order valence-corrected chi connectivity index (χ1v) is 8.93. The van der Waals surface area contributed by atoms with E-state index >= 15 is 0 Å². The van der Waals surface area contributed by atoms with Crippen molar-refractivity contribution in [3.63, 3.8) is 0 Å². The van der Waals surface area contributed by atoms with Crippen LogP contribution in [0.3, 0.4) is 0 Å². The van der Waals surface area contributed by atoms with Crippen LogP contribution in [0.4, 0.5) is 4.39 Å². The molecule has 0 spiro atoms. The van der Waals surface area contributed by atoms with Gasteiger partial charge in [0.05, 0.1) is 0 Å². The largest absolute Gasteiger partial charge is 0.207 e. The predicted molar refractivity (Wildman–Crippen MR) is 109 cm³/mol. The molecule has 0 atom stereocenters. The molecule has 0 amide bonds. The van der Waals surface area contributed by atoms with Gasteiger partial charge in [-0.2, -0.15) is 10.5 Å². The van der Waals surface area contributed by atoms with Crippen LogP contribution in [0, 0.1) is 49.3 Å². The van der Waals surface area contributed by atoms with Crippen molar-refractivity contribution in [2.45, 2.75) is 20.8 Å². The molecule has 0 aromatic heterocycles. The van der Waals surface area contributed by atoms with Crippen LogP contribution in [0.5, 0.6) is 0 Å². The molecule has 28 heavy (non-hydrogen) atoms. The smallest absolute Gasteiger partial charge is 0.136 e. The highest BCUT2D eigenvalue weighted by Gasteiger charge is 2.13. The second-order valence-electron chi connectivity index (χ2n) is 6.83. The van der Waals surface area contributed by atoms with E-state index in [1.165, 1.54) is 17.7 Å². The highest BCUT2D eigenvalue weighted by atomic mass is 19.1. The van der Waals surface area contributed by atoms with E-state index < -0.39 is 0 Å². The van der Waals surface area contributed by atoms with Gasteiger partial charge in [-0.3, -0.25) is 0 Å². The summed E-state index contributed by atoms with van der Waals surface area (Å²) in [4.78, 5) is 0. The van der Waals surface area contributed by atoms with E-state index in [2.05, 4.69) is 32.9 Å². The number of nitriles is 2. The Bertz CT molecular complexity index is 1190. The molecule has 0 saturated heterocycles. The van der Waals surface area contributed by atoms with Gasteiger partial charge < -0.3 is 0 Å². The lowest BCUT2D eigenvalue weighted by Crippen LogP contribution is -2.14. The van der Waals surface area contributed by atoms with Crippen LogP contribution in [-0.2, 0) is 0 Å². The van der Waals surface area contributed by atoms with Gasteiger partial charge in [0.15, 0.2) is 0 Å². The van der Waals surface area contributed by atoms with Crippen LogP contribution < -0.4 is 10.4 Å². The van der Waals surface area contributed by atoms with Crippen molar-refractivity contribution in [3.8, 4) is 12.1 Å². The maximum absolute atomic E-state index is 13.5. The summed E-state index contributed by atoms with van der Waals surface area (Å²) in [6.07, 6.45) is 0. The summed E-state index contributed by atoms with van der Waals surface area (Å²) in [5, 5.41) is 19.7. The molecular weight excluding hydrogens is 347 g/mol. The average molecular weight is 366 g/mol. The Morgan fingerprint density at radius 3 is 1.75 bits per heavy atom. The number of benzene rings is 3. The molecule has 2 nitrogen and oxygen atoms in total. The molecule has 0 unspecified atom stereocenters. The summed E-state index contributed by atoms with van der Waals surface area (Å²) in [6.45, 7) is 6.21. The Kier molecular flexibility index (Phi) is 5.39. The van der Waals surface area contributed by atoms with Gasteiger partial charge in [0, 0.05) is 5.22 Å². The number of hydrogen-bond acceptors (Lipinski definition) is 2. The van der Waals surface area contributed by atoms with Crippen molar-refractivity contribution in [2.24, 2.45) is 0 Å². The fourth-order valence-electron chi connectivity index (χ4n) is 3.60. The monoisotopic (exact) mass is 366 g/mol. The Hall–Kier alpha value is -3.69. The molecule has 0 aliphatic rings. The molecule has 3 aromatic carbocycles. The molecule has 0 bridgehead atoms. The molecule has 0 saturated carbocycles. The van der Waals surface area contributed by atoms with Crippen molar-refractivity contribution in [1.29, 1.82) is 10.5 Å². The second kappa shape index (κ2) is 7.91. The van der Waals surface area contributed by atoms with E-state index in [0.29, 0.717) is 5.22 Å². The lowest BCUT2D eigenvalue weighted by atomic mass is 9.88. The summed E-state index contributed by atoms with van der Waals surface area (Å²) in [5.41, 5.74) is 6.57. The molecule has 0 aliphatic carbocycles. The van der Waals surface area contributed by atoms with Crippen LogP contribution in [0.1, 0.15) is 27.8 Å². The quantitative estimate of drug-likeness (QED) is 0.683. The molecule has 0 N–H and O–H groups in total. The molecule has 3 aromatic rings. The fourth-order valence-corrected chi connectivity index (χ4v) is 3.60. The maximum Gasteiger partial charge on any atom is 0.136 e. The second-order valence-corrected chi connectivity index (χ2v) is 6.83. The molecule has 0 aliphatic heterocycles. The minimum atomic E-state index is -0.280. The van der Waals surface area contributed by atoms with Gasteiger partial charge in [-0.25, -0.2) is 4.39 Å². The van der Waals surface area contributed by atoms with E-state index in [0.717, 1.165) is 33.0 Å². The van der Waals surface area contributed by atoms with Crippen molar-refractivity contribution < 1.29 is 4.39 Å². The Morgan fingerprint density at radius 1 is 0.750 bits per heavy atom. The first kappa shape index (κ1) is 19.1. The summed E-state index contributed by atoms with van der Waals surface area (Å²) in [6, 6.07) is 21.9. The lowest BCUT2D eigenvalue weighted by Gasteiger charge is -2.16. The SMILES string of the molecule is Cc1cc(C)c(C(c2ccc(F)cc2)=c2ccc(=C(C#N)C#N)cc2)c(C)c1. The predicted octanol–water partition coefficient (Wildman–Crippen LogP) is 4.20. The third-order valence-corrected chi connectivity index (χ3v) is 4.75. The van der Waals surface area contributed by atoms with Crippen LogP contribution >= 0.6 is 0 Å². The number of aryl methyl sites for hydroxylation is 3. The molecule has 3 rings (SSSR count). The first-order valence-electron chi connectivity index (χ1n) is 8.93. The molecule has 136 valence electrons. The fraction of sp³-hybridized carbons (Fsp3) is 0.120. The molecule has 3 heteroatoms. The topological polar surface area (TPSA) is 47.6 Å². The Morgan fingerprint density at radius 2 is 1.25 bits per heavy atom. The summed E-state index contributed by atoms with van der Waals surface area (Å²) in [5.74, 6) is -0.280. The summed E-state index contributed by atoms with van der Waals surface area (Å²) < 4.78 is 13.5. The Balaban J connectivity index is 2.41. The zero-order valence-corrected chi connectivity index (χ0v) is 16.0. The van der Waals surface area contributed by atoms with Crippen LogP contribution in [0.15, 0.2) is 60.7 Å². The van der Waals surface area contributed by atoms with Gasteiger partial charge in [-0.15, -0.1) is 0 Å². The van der Waals surface area contributed by atoms with E-state index in [9.17, 15) is 4.39 Å². The van der Waals surface area contributed by atoms with Gasteiger partial charge in [0.1, 0.15) is 23.5 Å². The van der Waals surface area contributed by atoms with Gasteiger partial charge >= 0.3 is 0 Å². The first-order chi connectivity index (χ1) is 13.4. The van der Waals surface area contributed by atoms with Gasteiger partial charge in [0.2, 0.25) is 0 Å². The minimum absolute atomic E-state index is 0.0811. The summed E-state index contributed by atoms with van der Waals surface area (Å²) in [7, 11) is 0. The molecule has 0 fully saturated rings. The molecule has 0 heterocycles. The van der Waals surface area contributed by atoms with E-state index in [1.54, 1.807) is 24.3 Å². The Labute approximate surface area is 164 Å². The van der Waals surface area contributed by atoms with Gasteiger partial charge in [0.25, 0.3) is 0 Å². The van der Waals surface area contributed by atoms with Crippen LogP contribution in [-0.4, -0.2) is 0 Å². The number of halogens is 1. The zero-order chi connectivity index (χ0) is 20.3. The zero-order valence-electron chi connectivity index (χ0n) is 16.0. The van der Waals surface area contributed by atoms with Crippen molar-refractivity contribution in [1.82, 2.24) is 0 Å². The van der Waals surface area contributed by atoms with Crippen LogP contribution in [0.2, 0.25) is 0 Å². The highest BCUT2D eigenvalue weighted by molar-refractivity contribution is 5.83. The molecular formula is C25H19FN2. The molecule has 0 radical (unpaired) electrons. The highest BCUT2D eigenvalue weighted by Crippen LogP contribution is 2.28. The minimum Gasteiger partial charge on any atom is -0.207 e.